The van der Waals surface area contributed by atoms with E-state index in [1.807, 2.05) is 18.2 Å². The number of anilines is 2. The highest BCUT2D eigenvalue weighted by Crippen LogP contribution is 2.49. The van der Waals surface area contributed by atoms with Crippen LogP contribution in [0.3, 0.4) is 0 Å². The van der Waals surface area contributed by atoms with E-state index in [-0.39, 0.29) is 34.4 Å². The van der Waals surface area contributed by atoms with E-state index in [1.54, 1.807) is 36.4 Å². The molecule has 2 aromatic carbocycles. The minimum Gasteiger partial charge on any atom is -0.507 e. The average Bonchev–Trinajstić information content (AvgIpc) is 3.17. The fraction of sp³-hybridized carbons (Fsp3) is 0. The zero-order valence-electron chi connectivity index (χ0n) is 14.5. The van der Waals surface area contributed by atoms with Crippen LogP contribution in [-0.4, -0.2) is 20.6 Å². The van der Waals surface area contributed by atoms with E-state index in [0.29, 0.717) is 33.3 Å². The summed E-state index contributed by atoms with van der Waals surface area (Å²) < 4.78 is 1.45. The Labute approximate surface area is 159 Å². The lowest BCUT2D eigenvalue weighted by Crippen LogP contribution is -2.09. The molecule has 0 spiro atoms. The van der Waals surface area contributed by atoms with Crippen molar-refractivity contribution in [3.8, 4) is 34.2 Å². The normalized spacial score (nSPS) is 12.0. The molecule has 2 aromatic heterocycles. The summed E-state index contributed by atoms with van der Waals surface area (Å²) in [4.78, 5) is 17.4. The van der Waals surface area contributed by atoms with E-state index < -0.39 is 0 Å². The molecule has 5 N–H and O–H groups in total. The molecule has 0 atom stereocenters. The fourth-order valence-corrected chi connectivity index (χ4v) is 3.87. The van der Waals surface area contributed by atoms with Gasteiger partial charge in [-0.2, -0.15) is 5.26 Å². The van der Waals surface area contributed by atoms with Gasteiger partial charge in [0.05, 0.1) is 16.8 Å². The Morgan fingerprint density at radius 2 is 1.64 bits per heavy atom. The van der Waals surface area contributed by atoms with E-state index in [9.17, 15) is 15.2 Å². The fourth-order valence-electron chi connectivity index (χ4n) is 3.87. The van der Waals surface area contributed by atoms with Crippen LogP contribution in [0, 0.1) is 11.3 Å². The maximum absolute atomic E-state index is 13.1. The number of pyridine rings is 1. The van der Waals surface area contributed by atoms with Crippen LogP contribution in [0.4, 0.5) is 11.5 Å². The number of hydrogen-bond donors (Lipinski definition) is 3. The van der Waals surface area contributed by atoms with Crippen molar-refractivity contribution in [2.45, 2.75) is 0 Å². The molecule has 1 aliphatic rings. The number of phenols is 1. The molecule has 0 radical (unpaired) electrons. The van der Waals surface area contributed by atoms with Gasteiger partial charge >= 0.3 is 0 Å². The summed E-state index contributed by atoms with van der Waals surface area (Å²) in [6.45, 7) is 0. The van der Waals surface area contributed by atoms with Crippen molar-refractivity contribution in [2.24, 2.45) is 0 Å². The SMILES string of the molecule is N#Cc1c(N)nc2c(c1N)c(-c1ccccc1O)c1n2C(=O)c2ccccc2-1. The maximum Gasteiger partial charge on any atom is 0.264 e. The van der Waals surface area contributed by atoms with Gasteiger partial charge < -0.3 is 16.6 Å². The Kier molecular flexibility index (Phi) is 3.04. The monoisotopic (exact) mass is 367 g/mol. The zero-order valence-corrected chi connectivity index (χ0v) is 14.5. The molecular weight excluding hydrogens is 354 g/mol. The lowest BCUT2D eigenvalue weighted by molar-refractivity contribution is 0.0973. The lowest BCUT2D eigenvalue weighted by Gasteiger charge is -2.09. The van der Waals surface area contributed by atoms with E-state index in [0.717, 1.165) is 0 Å². The van der Waals surface area contributed by atoms with Gasteiger partial charge in [-0.15, -0.1) is 0 Å². The van der Waals surface area contributed by atoms with E-state index in [1.165, 1.54) is 4.57 Å². The van der Waals surface area contributed by atoms with Gasteiger partial charge in [-0.25, -0.2) is 4.98 Å². The van der Waals surface area contributed by atoms with Gasteiger partial charge in [-0.3, -0.25) is 9.36 Å². The molecule has 7 heteroatoms. The number of fused-ring (bicyclic) bond motifs is 5. The third kappa shape index (κ3) is 1.81. The first-order valence-electron chi connectivity index (χ1n) is 8.50. The molecule has 5 rings (SSSR count). The van der Waals surface area contributed by atoms with Crippen LogP contribution in [0.2, 0.25) is 0 Å². The van der Waals surface area contributed by atoms with Crippen LogP contribution in [-0.2, 0) is 0 Å². The number of hydrogen-bond acceptors (Lipinski definition) is 6. The number of nitriles is 1. The van der Waals surface area contributed by atoms with E-state index in [2.05, 4.69) is 4.98 Å². The number of carbonyl (C=O) groups excluding carboxylic acids is 1. The molecule has 0 amide bonds. The number of nitrogens with two attached hydrogens (primary N) is 2. The van der Waals surface area contributed by atoms with Crippen molar-refractivity contribution in [1.29, 1.82) is 5.26 Å². The Hall–Kier alpha value is -4.31. The number of aromatic hydroxyl groups is 1. The molecule has 3 heterocycles. The van der Waals surface area contributed by atoms with Crippen LogP contribution in [0.25, 0.3) is 33.4 Å². The minimum atomic E-state index is -0.256. The smallest absolute Gasteiger partial charge is 0.264 e. The Bertz CT molecular complexity index is 1380. The third-order valence-electron chi connectivity index (χ3n) is 5.07. The van der Waals surface area contributed by atoms with Crippen molar-refractivity contribution in [2.75, 3.05) is 11.5 Å². The van der Waals surface area contributed by atoms with Gasteiger partial charge in [0.2, 0.25) is 0 Å². The van der Waals surface area contributed by atoms with Gasteiger partial charge in [0.15, 0.2) is 5.65 Å². The summed E-state index contributed by atoms with van der Waals surface area (Å²) in [7, 11) is 0. The highest BCUT2D eigenvalue weighted by Gasteiger charge is 2.35. The highest BCUT2D eigenvalue weighted by atomic mass is 16.3. The van der Waals surface area contributed by atoms with Gasteiger partial charge in [-0.05, 0) is 12.1 Å². The van der Waals surface area contributed by atoms with Crippen molar-refractivity contribution >= 4 is 28.4 Å². The third-order valence-corrected chi connectivity index (χ3v) is 5.07. The number of para-hydroxylation sites is 1. The molecule has 0 bridgehead atoms. The maximum atomic E-state index is 13.1. The second-order valence-corrected chi connectivity index (χ2v) is 6.52. The summed E-state index contributed by atoms with van der Waals surface area (Å²) in [5.41, 5.74) is 15.5. The number of aromatic nitrogens is 2. The number of nitrogens with zero attached hydrogens (tertiary/aromatic N) is 3. The first-order valence-corrected chi connectivity index (χ1v) is 8.50. The largest absolute Gasteiger partial charge is 0.507 e. The quantitative estimate of drug-likeness (QED) is 0.417. The Balaban J connectivity index is 2.07. The first kappa shape index (κ1) is 15.9. The number of rotatable bonds is 1. The number of phenolic OH excluding ortho intramolecular Hbond substituents is 1. The molecule has 0 aliphatic carbocycles. The molecule has 134 valence electrons. The van der Waals surface area contributed by atoms with Crippen LogP contribution in [0.1, 0.15) is 15.9 Å². The number of benzene rings is 2. The Morgan fingerprint density at radius 3 is 2.32 bits per heavy atom. The summed E-state index contributed by atoms with van der Waals surface area (Å²) in [6.07, 6.45) is 0. The molecule has 7 nitrogen and oxygen atoms in total. The first-order chi connectivity index (χ1) is 13.5. The summed E-state index contributed by atoms with van der Waals surface area (Å²) in [5, 5.41) is 20.4. The predicted octanol–water partition coefficient (Wildman–Crippen LogP) is 3.11. The van der Waals surface area contributed by atoms with Crippen molar-refractivity contribution < 1.29 is 9.90 Å². The predicted molar refractivity (Wildman–Crippen MR) is 106 cm³/mol. The number of nitrogen functional groups attached to an aromatic ring is 2. The molecule has 28 heavy (non-hydrogen) atoms. The number of carbonyl (C=O) groups is 1. The van der Waals surface area contributed by atoms with Gasteiger partial charge in [0.25, 0.3) is 5.91 Å². The topological polar surface area (TPSA) is 131 Å². The van der Waals surface area contributed by atoms with Crippen LogP contribution < -0.4 is 11.5 Å². The summed E-state index contributed by atoms with van der Waals surface area (Å²) >= 11 is 0. The molecular formula is C21H13N5O2. The molecule has 0 saturated heterocycles. The van der Waals surface area contributed by atoms with Crippen molar-refractivity contribution in [3.63, 3.8) is 0 Å². The molecule has 0 fully saturated rings. The molecule has 4 aromatic rings. The zero-order chi connectivity index (χ0) is 19.6. The minimum absolute atomic E-state index is 0.0318. The molecule has 0 saturated carbocycles. The summed E-state index contributed by atoms with van der Waals surface area (Å²) in [5.74, 6) is -0.266. The van der Waals surface area contributed by atoms with Crippen molar-refractivity contribution in [3.05, 3.63) is 59.7 Å². The second-order valence-electron chi connectivity index (χ2n) is 6.52. The van der Waals surface area contributed by atoms with E-state index >= 15 is 0 Å². The molecule has 0 unspecified atom stereocenters. The van der Waals surface area contributed by atoms with Crippen LogP contribution in [0.5, 0.6) is 5.75 Å². The van der Waals surface area contributed by atoms with Crippen LogP contribution in [0.15, 0.2) is 48.5 Å². The second kappa shape index (κ2) is 5.34. The molecule has 1 aliphatic heterocycles. The van der Waals surface area contributed by atoms with Crippen LogP contribution >= 0.6 is 0 Å². The standard InChI is InChI=1S/C21H13N5O2/c22-9-13-17(23)16-15(12-7-3-4-8-14(12)27)18-10-5-1-2-6-11(10)21(28)26(18)20(16)25-19(13)24/h1-8,27H,(H4,23,24,25). The Morgan fingerprint density at radius 1 is 1.00 bits per heavy atom. The van der Waals surface area contributed by atoms with Gasteiger partial charge in [0, 0.05) is 22.3 Å². The lowest BCUT2D eigenvalue weighted by atomic mass is 9.95. The highest BCUT2D eigenvalue weighted by molar-refractivity contribution is 6.22. The average molecular weight is 367 g/mol. The van der Waals surface area contributed by atoms with E-state index in [4.69, 9.17) is 11.5 Å². The van der Waals surface area contributed by atoms with Crippen molar-refractivity contribution in [1.82, 2.24) is 9.55 Å². The van der Waals surface area contributed by atoms with Gasteiger partial charge in [-0.1, -0.05) is 36.4 Å². The summed E-state index contributed by atoms with van der Waals surface area (Å²) in [6, 6.07) is 15.9. The van der Waals surface area contributed by atoms with Gasteiger partial charge in [0.1, 0.15) is 23.2 Å².